The van der Waals surface area contributed by atoms with Gasteiger partial charge in [0.2, 0.25) is 5.91 Å². The molecule has 0 radical (unpaired) electrons. The number of rotatable bonds is 6. The topological polar surface area (TPSA) is 54.0 Å². The van der Waals surface area contributed by atoms with Gasteiger partial charge in [0.05, 0.1) is 20.3 Å². The molecule has 1 atom stereocenters. The molecular weight excluding hydrogens is 294 g/mol. The highest BCUT2D eigenvalue weighted by Crippen LogP contribution is 2.27. The van der Waals surface area contributed by atoms with E-state index in [9.17, 15) is 4.79 Å². The second kappa shape index (κ2) is 8.17. The van der Waals surface area contributed by atoms with Crippen molar-refractivity contribution >= 4 is 5.91 Å². The van der Waals surface area contributed by atoms with Crippen molar-refractivity contribution < 1.29 is 14.3 Å². The van der Waals surface area contributed by atoms with Crippen LogP contribution in [0.5, 0.6) is 11.5 Å². The van der Waals surface area contributed by atoms with E-state index in [1.807, 2.05) is 25.1 Å². The molecule has 0 unspecified atom stereocenters. The second-order valence-electron chi connectivity index (χ2n) is 5.92. The number of benzene rings is 1. The molecule has 0 aromatic heterocycles. The molecule has 128 valence electrons. The van der Waals surface area contributed by atoms with Gasteiger partial charge in [0, 0.05) is 32.7 Å². The van der Waals surface area contributed by atoms with Crippen LogP contribution >= 0.6 is 0 Å². The second-order valence-corrected chi connectivity index (χ2v) is 5.92. The van der Waals surface area contributed by atoms with Crippen LogP contribution in [0.15, 0.2) is 18.2 Å². The highest BCUT2D eigenvalue weighted by molar-refractivity contribution is 5.81. The van der Waals surface area contributed by atoms with Gasteiger partial charge in [0.15, 0.2) is 11.5 Å². The number of nitrogens with zero attached hydrogens (tertiary/aromatic N) is 2. The number of carbonyl (C=O) groups is 1. The summed E-state index contributed by atoms with van der Waals surface area (Å²) >= 11 is 0. The van der Waals surface area contributed by atoms with Gasteiger partial charge >= 0.3 is 0 Å². The summed E-state index contributed by atoms with van der Waals surface area (Å²) in [5.41, 5.74) is 0.988. The fourth-order valence-corrected chi connectivity index (χ4v) is 2.70. The van der Waals surface area contributed by atoms with Gasteiger partial charge in [-0.3, -0.25) is 9.69 Å². The molecule has 1 fully saturated rings. The Morgan fingerprint density at radius 2 is 1.83 bits per heavy atom. The fourth-order valence-electron chi connectivity index (χ4n) is 2.70. The minimum atomic E-state index is -0.108. The van der Waals surface area contributed by atoms with Crippen molar-refractivity contribution in [2.45, 2.75) is 19.5 Å². The molecule has 0 saturated carbocycles. The Morgan fingerprint density at radius 1 is 1.17 bits per heavy atom. The first-order valence-electron chi connectivity index (χ1n) is 7.96. The van der Waals surface area contributed by atoms with Crippen LogP contribution in [0.2, 0.25) is 0 Å². The molecular formula is C17H27N3O3. The first-order chi connectivity index (χ1) is 11.0. The molecule has 1 amide bonds. The third-order valence-electron chi connectivity index (χ3n) is 4.38. The first kappa shape index (κ1) is 17.6. The lowest BCUT2D eigenvalue weighted by atomic mass is 10.1. The number of hydrogen-bond donors (Lipinski definition) is 1. The Morgan fingerprint density at radius 3 is 2.43 bits per heavy atom. The third-order valence-corrected chi connectivity index (χ3v) is 4.38. The molecule has 1 saturated heterocycles. The highest BCUT2D eigenvalue weighted by atomic mass is 16.5. The molecule has 0 bridgehead atoms. The first-order valence-corrected chi connectivity index (χ1v) is 7.96. The number of likely N-dealkylation sites (N-methyl/N-ethyl adjacent to an activating group) is 1. The van der Waals surface area contributed by atoms with E-state index in [1.165, 1.54) is 0 Å². The van der Waals surface area contributed by atoms with Crippen molar-refractivity contribution in [3.05, 3.63) is 23.8 Å². The lowest BCUT2D eigenvalue weighted by molar-refractivity contribution is -0.126. The Balaban J connectivity index is 1.88. The summed E-state index contributed by atoms with van der Waals surface area (Å²) in [7, 11) is 5.33. The number of amides is 1. The van der Waals surface area contributed by atoms with Crippen LogP contribution in [0.1, 0.15) is 12.5 Å². The summed E-state index contributed by atoms with van der Waals surface area (Å²) in [5, 5.41) is 3.01. The van der Waals surface area contributed by atoms with Crippen LogP contribution < -0.4 is 14.8 Å². The van der Waals surface area contributed by atoms with Crippen LogP contribution in [0.4, 0.5) is 0 Å². The number of carbonyl (C=O) groups excluding carboxylic acids is 1. The van der Waals surface area contributed by atoms with Gasteiger partial charge in [-0.2, -0.15) is 0 Å². The maximum absolute atomic E-state index is 12.4. The van der Waals surface area contributed by atoms with E-state index in [1.54, 1.807) is 14.2 Å². The molecule has 6 nitrogen and oxygen atoms in total. The maximum Gasteiger partial charge on any atom is 0.237 e. The predicted molar refractivity (Wildman–Crippen MR) is 89.9 cm³/mol. The zero-order valence-corrected chi connectivity index (χ0v) is 14.5. The standard InChI is InChI=1S/C17H27N3O3/c1-13(20-9-7-19(2)8-10-20)17(21)18-12-14-5-6-15(22-3)16(11-14)23-4/h5-6,11,13H,7-10,12H2,1-4H3,(H,18,21)/t13-/m0/s1. The molecule has 1 N–H and O–H groups in total. The molecule has 0 aliphatic carbocycles. The summed E-state index contributed by atoms with van der Waals surface area (Å²) in [6.45, 7) is 6.33. The zero-order chi connectivity index (χ0) is 16.8. The Labute approximate surface area is 138 Å². The van der Waals surface area contributed by atoms with Crippen LogP contribution in [-0.4, -0.2) is 69.2 Å². The zero-order valence-electron chi connectivity index (χ0n) is 14.5. The van der Waals surface area contributed by atoms with Gasteiger partial charge in [0.1, 0.15) is 0 Å². The molecule has 1 aromatic carbocycles. The van der Waals surface area contributed by atoms with Gasteiger partial charge in [-0.15, -0.1) is 0 Å². The Kier molecular flexibility index (Phi) is 6.24. The van der Waals surface area contributed by atoms with Crippen LogP contribution in [0.25, 0.3) is 0 Å². The Hall–Kier alpha value is -1.79. The summed E-state index contributed by atoms with van der Waals surface area (Å²) < 4.78 is 10.5. The number of piperazine rings is 1. The SMILES string of the molecule is COc1ccc(CNC(=O)[C@H](C)N2CCN(C)CC2)cc1OC. The minimum Gasteiger partial charge on any atom is -0.493 e. The van der Waals surface area contributed by atoms with Gasteiger partial charge in [0.25, 0.3) is 0 Å². The van der Waals surface area contributed by atoms with Gasteiger partial charge < -0.3 is 19.7 Å². The fraction of sp³-hybridized carbons (Fsp3) is 0.588. The summed E-state index contributed by atoms with van der Waals surface area (Å²) in [4.78, 5) is 16.9. The summed E-state index contributed by atoms with van der Waals surface area (Å²) in [6, 6.07) is 5.57. The van der Waals surface area contributed by atoms with E-state index in [0.717, 1.165) is 31.7 Å². The van der Waals surface area contributed by atoms with E-state index in [4.69, 9.17) is 9.47 Å². The molecule has 23 heavy (non-hydrogen) atoms. The maximum atomic E-state index is 12.4. The van der Waals surface area contributed by atoms with Crippen molar-refractivity contribution in [2.75, 3.05) is 47.4 Å². The third kappa shape index (κ3) is 4.59. The molecule has 0 spiro atoms. The lowest BCUT2D eigenvalue weighted by Crippen LogP contribution is -2.52. The van der Waals surface area contributed by atoms with E-state index in [0.29, 0.717) is 18.0 Å². The molecule has 1 heterocycles. The van der Waals surface area contributed by atoms with Crippen molar-refractivity contribution in [2.24, 2.45) is 0 Å². The normalized spacial score (nSPS) is 17.6. The number of nitrogens with one attached hydrogen (secondary N) is 1. The summed E-state index contributed by atoms with van der Waals surface area (Å²) in [5.74, 6) is 1.42. The predicted octanol–water partition coefficient (Wildman–Crippen LogP) is 0.956. The van der Waals surface area contributed by atoms with Crippen molar-refractivity contribution in [3.8, 4) is 11.5 Å². The minimum absolute atomic E-state index is 0.0596. The van der Waals surface area contributed by atoms with E-state index >= 15 is 0 Å². The number of hydrogen-bond acceptors (Lipinski definition) is 5. The monoisotopic (exact) mass is 321 g/mol. The quantitative estimate of drug-likeness (QED) is 0.846. The average Bonchev–Trinajstić information content (AvgIpc) is 2.59. The van der Waals surface area contributed by atoms with Gasteiger partial charge in [-0.25, -0.2) is 0 Å². The van der Waals surface area contributed by atoms with Crippen molar-refractivity contribution in [1.82, 2.24) is 15.1 Å². The summed E-state index contributed by atoms with van der Waals surface area (Å²) in [6.07, 6.45) is 0. The van der Waals surface area contributed by atoms with Crippen molar-refractivity contribution in [3.63, 3.8) is 0 Å². The number of ether oxygens (including phenoxy) is 2. The van der Waals surface area contributed by atoms with E-state index in [-0.39, 0.29) is 11.9 Å². The molecule has 1 aliphatic rings. The molecule has 1 aromatic rings. The average molecular weight is 321 g/mol. The molecule has 6 heteroatoms. The van der Waals surface area contributed by atoms with E-state index in [2.05, 4.69) is 22.2 Å². The van der Waals surface area contributed by atoms with E-state index < -0.39 is 0 Å². The largest absolute Gasteiger partial charge is 0.493 e. The Bertz CT molecular complexity index is 528. The number of methoxy groups -OCH3 is 2. The smallest absolute Gasteiger partial charge is 0.237 e. The van der Waals surface area contributed by atoms with Gasteiger partial charge in [-0.05, 0) is 31.7 Å². The van der Waals surface area contributed by atoms with Crippen LogP contribution in [0.3, 0.4) is 0 Å². The van der Waals surface area contributed by atoms with Gasteiger partial charge in [-0.1, -0.05) is 6.07 Å². The van der Waals surface area contributed by atoms with Crippen molar-refractivity contribution in [1.29, 1.82) is 0 Å². The lowest BCUT2D eigenvalue weighted by Gasteiger charge is -2.35. The van der Waals surface area contributed by atoms with Crippen LogP contribution in [-0.2, 0) is 11.3 Å². The van der Waals surface area contributed by atoms with Crippen LogP contribution in [0, 0.1) is 0 Å². The molecule has 1 aliphatic heterocycles. The molecule has 2 rings (SSSR count). The highest BCUT2D eigenvalue weighted by Gasteiger charge is 2.24.